The monoisotopic (exact) mass is 282 g/mol. The first-order valence-electron chi connectivity index (χ1n) is 7.02. The van der Waals surface area contributed by atoms with Crippen molar-refractivity contribution in [1.29, 1.82) is 0 Å². The van der Waals surface area contributed by atoms with Crippen molar-refractivity contribution in [2.75, 3.05) is 18.9 Å². The Morgan fingerprint density at radius 3 is 2.86 bits per heavy atom. The fourth-order valence-corrected chi connectivity index (χ4v) is 2.54. The molecule has 4 nitrogen and oxygen atoms in total. The highest BCUT2D eigenvalue weighted by molar-refractivity contribution is 5.97. The first kappa shape index (κ1) is 13.5. The Kier molecular flexibility index (Phi) is 3.52. The van der Waals surface area contributed by atoms with Crippen LogP contribution in [0.4, 0.5) is 5.69 Å². The number of carbonyl (C=O) groups excluding carboxylic acids is 1. The molecule has 0 atom stereocenters. The zero-order valence-electron chi connectivity index (χ0n) is 12.0. The number of carbonyl (C=O) groups is 1. The second-order valence-corrected chi connectivity index (χ2v) is 5.20. The number of nitrogens with two attached hydrogens (primary N) is 1. The first-order valence-corrected chi connectivity index (χ1v) is 7.02. The molecule has 0 aromatic heterocycles. The van der Waals surface area contributed by atoms with Crippen molar-refractivity contribution in [1.82, 2.24) is 4.90 Å². The molecule has 3 rings (SSSR count). The number of fused-ring (bicyclic) bond motifs is 1. The minimum absolute atomic E-state index is 0.00456. The minimum Gasteiger partial charge on any atom is -0.491 e. The molecule has 21 heavy (non-hydrogen) atoms. The average molecular weight is 282 g/mol. The maximum atomic E-state index is 12.7. The van der Waals surface area contributed by atoms with Crippen LogP contribution >= 0.6 is 0 Å². The largest absolute Gasteiger partial charge is 0.491 e. The maximum absolute atomic E-state index is 12.7. The third-order valence-corrected chi connectivity index (χ3v) is 3.87. The van der Waals surface area contributed by atoms with E-state index in [0.29, 0.717) is 31.0 Å². The van der Waals surface area contributed by atoms with Crippen molar-refractivity contribution in [3.8, 4) is 5.75 Å². The van der Waals surface area contributed by atoms with Gasteiger partial charge in [-0.25, -0.2) is 0 Å². The van der Waals surface area contributed by atoms with E-state index in [9.17, 15) is 4.79 Å². The van der Waals surface area contributed by atoms with Gasteiger partial charge >= 0.3 is 0 Å². The van der Waals surface area contributed by atoms with Crippen LogP contribution in [0.15, 0.2) is 42.5 Å². The molecule has 1 amide bonds. The number of benzene rings is 2. The van der Waals surface area contributed by atoms with Crippen molar-refractivity contribution in [2.24, 2.45) is 0 Å². The van der Waals surface area contributed by atoms with Gasteiger partial charge in [-0.2, -0.15) is 0 Å². The van der Waals surface area contributed by atoms with E-state index < -0.39 is 0 Å². The van der Waals surface area contributed by atoms with Crippen molar-refractivity contribution in [2.45, 2.75) is 13.5 Å². The van der Waals surface area contributed by atoms with Crippen LogP contribution < -0.4 is 10.5 Å². The SMILES string of the molecule is Cc1c(N)cccc1CN1CCOc2ccccc2C1=O. The van der Waals surface area contributed by atoms with E-state index in [1.807, 2.05) is 54.3 Å². The summed E-state index contributed by atoms with van der Waals surface area (Å²) >= 11 is 0. The van der Waals surface area contributed by atoms with E-state index in [2.05, 4.69) is 0 Å². The number of nitrogen functional groups attached to an aromatic ring is 1. The van der Waals surface area contributed by atoms with E-state index in [-0.39, 0.29) is 5.91 Å². The van der Waals surface area contributed by atoms with Crippen LogP contribution in [0.25, 0.3) is 0 Å². The fourth-order valence-electron chi connectivity index (χ4n) is 2.54. The predicted molar refractivity (Wildman–Crippen MR) is 82.3 cm³/mol. The molecule has 0 aliphatic carbocycles. The molecule has 0 unspecified atom stereocenters. The van der Waals surface area contributed by atoms with Crippen molar-refractivity contribution < 1.29 is 9.53 Å². The van der Waals surface area contributed by atoms with Gasteiger partial charge in [-0.3, -0.25) is 4.79 Å². The Bertz CT molecular complexity index is 682. The summed E-state index contributed by atoms with van der Waals surface area (Å²) in [6.07, 6.45) is 0. The van der Waals surface area contributed by atoms with Crippen LogP contribution in [-0.2, 0) is 6.54 Å². The molecule has 1 aliphatic heterocycles. The zero-order valence-corrected chi connectivity index (χ0v) is 12.0. The first-order chi connectivity index (χ1) is 10.2. The highest BCUT2D eigenvalue weighted by Crippen LogP contribution is 2.24. The highest BCUT2D eigenvalue weighted by Gasteiger charge is 2.23. The van der Waals surface area contributed by atoms with Crippen molar-refractivity contribution >= 4 is 11.6 Å². The molecule has 1 heterocycles. The smallest absolute Gasteiger partial charge is 0.258 e. The second kappa shape index (κ2) is 5.48. The van der Waals surface area contributed by atoms with Crippen LogP contribution in [0.5, 0.6) is 5.75 Å². The molecule has 2 aromatic rings. The molecule has 0 spiro atoms. The molecule has 0 saturated carbocycles. The standard InChI is InChI=1S/C17H18N2O2/c1-12-13(5-4-7-15(12)18)11-19-9-10-21-16-8-3-2-6-14(16)17(19)20/h2-8H,9-11,18H2,1H3. The maximum Gasteiger partial charge on any atom is 0.258 e. The lowest BCUT2D eigenvalue weighted by molar-refractivity contribution is 0.0743. The zero-order chi connectivity index (χ0) is 14.8. The van der Waals surface area contributed by atoms with Crippen LogP contribution in [0.1, 0.15) is 21.5 Å². The Hall–Kier alpha value is -2.49. The number of amides is 1. The highest BCUT2D eigenvalue weighted by atomic mass is 16.5. The van der Waals surface area contributed by atoms with Crippen LogP contribution in [0.3, 0.4) is 0 Å². The van der Waals surface area contributed by atoms with Gasteiger partial charge in [-0.15, -0.1) is 0 Å². The van der Waals surface area contributed by atoms with E-state index in [4.69, 9.17) is 10.5 Å². The number of para-hydroxylation sites is 1. The second-order valence-electron chi connectivity index (χ2n) is 5.20. The molecule has 0 saturated heterocycles. The molecule has 2 aromatic carbocycles. The van der Waals surface area contributed by atoms with Gasteiger partial charge < -0.3 is 15.4 Å². The number of nitrogens with zero attached hydrogens (tertiary/aromatic N) is 1. The number of ether oxygens (including phenoxy) is 1. The van der Waals surface area contributed by atoms with Crippen molar-refractivity contribution in [3.05, 3.63) is 59.2 Å². The molecular formula is C17H18N2O2. The van der Waals surface area contributed by atoms with Gasteiger partial charge in [0.2, 0.25) is 0 Å². The van der Waals surface area contributed by atoms with E-state index in [0.717, 1.165) is 16.8 Å². The summed E-state index contributed by atoms with van der Waals surface area (Å²) in [4.78, 5) is 14.5. The summed E-state index contributed by atoms with van der Waals surface area (Å²) in [5, 5.41) is 0. The summed E-state index contributed by atoms with van der Waals surface area (Å²) < 4.78 is 5.65. The van der Waals surface area contributed by atoms with Crippen LogP contribution in [0.2, 0.25) is 0 Å². The lowest BCUT2D eigenvalue weighted by atomic mass is 10.1. The Labute approximate surface area is 124 Å². The minimum atomic E-state index is 0.00456. The third kappa shape index (κ3) is 2.57. The Balaban J connectivity index is 1.90. The number of rotatable bonds is 2. The molecule has 108 valence electrons. The van der Waals surface area contributed by atoms with Gasteiger partial charge in [0.05, 0.1) is 12.1 Å². The van der Waals surface area contributed by atoms with Crippen LogP contribution in [-0.4, -0.2) is 24.0 Å². The fraction of sp³-hybridized carbons (Fsp3) is 0.235. The normalized spacial score (nSPS) is 14.3. The van der Waals surface area contributed by atoms with Gasteiger partial charge in [0.1, 0.15) is 12.4 Å². The molecule has 1 aliphatic rings. The summed E-state index contributed by atoms with van der Waals surface area (Å²) in [6, 6.07) is 13.2. The lowest BCUT2D eigenvalue weighted by Gasteiger charge is -2.21. The Morgan fingerprint density at radius 1 is 1.19 bits per heavy atom. The quantitative estimate of drug-likeness (QED) is 0.861. The predicted octanol–water partition coefficient (Wildman–Crippen LogP) is 2.61. The summed E-state index contributed by atoms with van der Waals surface area (Å²) in [5.41, 5.74) is 9.42. The van der Waals surface area contributed by atoms with Gasteiger partial charge in [0, 0.05) is 12.2 Å². The van der Waals surface area contributed by atoms with Crippen molar-refractivity contribution in [3.63, 3.8) is 0 Å². The number of anilines is 1. The third-order valence-electron chi connectivity index (χ3n) is 3.87. The molecule has 4 heteroatoms. The topological polar surface area (TPSA) is 55.6 Å². The van der Waals surface area contributed by atoms with E-state index >= 15 is 0 Å². The molecule has 0 fully saturated rings. The van der Waals surface area contributed by atoms with Gasteiger partial charge in [0.25, 0.3) is 5.91 Å². The summed E-state index contributed by atoms with van der Waals surface area (Å²) in [6.45, 7) is 3.61. The molecule has 2 N–H and O–H groups in total. The van der Waals surface area contributed by atoms with E-state index in [1.54, 1.807) is 0 Å². The van der Waals surface area contributed by atoms with Gasteiger partial charge in [-0.05, 0) is 36.2 Å². The number of hydrogen-bond acceptors (Lipinski definition) is 3. The molecule has 0 radical (unpaired) electrons. The molecular weight excluding hydrogens is 264 g/mol. The van der Waals surface area contributed by atoms with E-state index in [1.165, 1.54) is 0 Å². The Morgan fingerprint density at radius 2 is 2.00 bits per heavy atom. The van der Waals surface area contributed by atoms with Gasteiger partial charge in [-0.1, -0.05) is 24.3 Å². The summed E-state index contributed by atoms with van der Waals surface area (Å²) in [5.74, 6) is 0.666. The molecule has 0 bridgehead atoms. The average Bonchev–Trinajstić information content (AvgIpc) is 2.65. The summed E-state index contributed by atoms with van der Waals surface area (Å²) in [7, 11) is 0. The number of hydrogen-bond donors (Lipinski definition) is 1. The van der Waals surface area contributed by atoms with Crippen LogP contribution in [0, 0.1) is 6.92 Å². The lowest BCUT2D eigenvalue weighted by Crippen LogP contribution is -2.32. The van der Waals surface area contributed by atoms with Gasteiger partial charge in [0.15, 0.2) is 0 Å².